The van der Waals surface area contributed by atoms with Gasteiger partial charge in [0.2, 0.25) is 5.91 Å². The van der Waals surface area contributed by atoms with E-state index >= 15 is 0 Å². The minimum absolute atomic E-state index is 0.0602. The number of piperidine rings is 1. The van der Waals surface area contributed by atoms with Crippen molar-refractivity contribution in [3.05, 3.63) is 136 Å². The Morgan fingerprint density at radius 2 is 1.52 bits per heavy atom. The number of ether oxygens (including phenoxy) is 2. The first-order valence-electron chi connectivity index (χ1n) is 21.1. The first-order chi connectivity index (χ1) is 28.3. The number of hydrogen-bond donors (Lipinski definition) is 2. The maximum atomic E-state index is 13.8. The van der Waals surface area contributed by atoms with Crippen molar-refractivity contribution in [2.45, 2.75) is 88.0 Å². The standard InChI is InChI=1S/C48H53FN4O5/c1-31-2-21-45(47(55)50-31)53-30-35-28-37(10-19-44(35)48(53)56)52-24-22-51(23-25-52)26-27-57-39-14-16-41(17-15-39)58-40-12-5-33(6-13-40)46-42(32-3-8-36(49)9-4-32)18-7-34-29-38(54)11-20-43(34)46/h3-6,8-13,19-20,28-29,39,41-42,45-46,54H,1-2,7,14-18,21-27,30H2,(H,50,55)/t39?,41?,42-,45?,46+/m1/s1. The molecule has 3 atom stereocenters. The molecule has 9 rings (SSSR count). The van der Waals surface area contributed by atoms with Crippen LogP contribution in [0.1, 0.15) is 95.0 Å². The lowest BCUT2D eigenvalue weighted by atomic mass is 9.69. The number of aromatic hydroxyl groups is 1. The second-order valence-electron chi connectivity index (χ2n) is 16.8. The highest BCUT2D eigenvalue weighted by atomic mass is 19.1. The van der Waals surface area contributed by atoms with Crippen LogP contribution in [-0.4, -0.2) is 84.3 Å². The highest BCUT2D eigenvalue weighted by Crippen LogP contribution is 2.47. The summed E-state index contributed by atoms with van der Waals surface area (Å²) in [6, 6.07) is 26.8. The summed E-state index contributed by atoms with van der Waals surface area (Å²) in [5, 5.41) is 13.0. The number of phenolic OH excluding ortho intramolecular Hbond substituents is 1. The summed E-state index contributed by atoms with van der Waals surface area (Å²) >= 11 is 0. The lowest BCUT2D eigenvalue weighted by Crippen LogP contribution is -2.49. The summed E-state index contributed by atoms with van der Waals surface area (Å²) in [5.74, 6) is 1.06. The molecular formula is C48H53FN4O5. The largest absolute Gasteiger partial charge is 0.508 e. The molecule has 3 aliphatic heterocycles. The van der Waals surface area contributed by atoms with Crippen LogP contribution in [0.2, 0.25) is 0 Å². The van der Waals surface area contributed by atoms with Crippen LogP contribution in [0.4, 0.5) is 10.1 Å². The summed E-state index contributed by atoms with van der Waals surface area (Å²) in [6.07, 6.45) is 7.43. The Morgan fingerprint density at radius 3 is 2.28 bits per heavy atom. The number of nitrogens with zero attached hydrogens (tertiary/aromatic N) is 3. The Bertz CT molecular complexity index is 2140. The fourth-order valence-corrected chi connectivity index (χ4v) is 9.97. The molecule has 1 saturated carbocycles. The van der Waals surface area contributed by atoms with Gasteiger partial charge in [-0.15, -0.1) is 0 Å². The van der Waals surface area contributed by atoms with Crippen molar-refractivity contribution in [3.63, 3.8) is 0 Å². The molecule has 5 aliphatic rings. The number of halogens is 1. The maximum absolute atomic E-state index is 13.8. The zero-order valence-electron chi connectivity index (χ0n) is 33.1. The number of hydrogen-bond acceptors (Lipinski definition) is 7. The summed E-state index contributed by atoms with van der Waals surface area (Å²) in [6.45, 7) is 9.72. The number of allylic oxidation sites excluding steroid dienone is 1. The van der Waals surface area contributed by atoms with Gasteiger partial charge in [-0.25, -0.2) is 4.39 Å². The van der Waals surface area contributed by atoms with Crippen LogP contribution in [0.25, 0.3) is 0 Å². The first-order valence-corrected chi connectivity index (χ1v) is 21.1. The highest BCUT2D eigenvalue weighted by Gasteiger charge is 2.38. The number of rotatable bonds is 10. The van der Waals surface area contributed by atoms with E-state index < -0.39 is 6.04 Å². The van der Waals surface area contributed by atoms with Crippen molar-refractivity contribution < 1.29 is 28.6 Å². The van der Waals surface area contributed by atoms with Gasteiger partial charge in [0.1, 0.15) is 23.4 Å². The molecule has 4 aromatic rings. The van der Waals surface area contributed by atoms with E-state index in [0.717, 1.165) is 106 Å². The van der Waals surface area contributed by atoms with E-state index in [1.807, 2.05) is 36.4 Å². The Balaban J connectivity index is 0.718. The lowest BCUT2D eigenvalue weighted by Gasteiger charge is -2.36. The molecule has 2 saturated heterocycles. The van der Waals surface area contributed by atoms with Crippen LogP contribution >= 0.6 is 0 Å². The van der Waals surface area contributed by atoms with Gasteiger partial charge in [-0.05, 0) is 140 Å². The van der Waals surface area contributed by atoms with E-state index in [2.05, 4.69) is 52.0 Å². The van der Waals surface area contributed by atoms with Gasteiger partial charge in [-0.3, -0.25) is 14.5 Å². The number of aryl methyl sites for hydroxylation is 1. The van der Waals surface area contributed by atoms with E-state index in [9.17, 15) is 19.1 Å². The molecule has 9 nitrogen and oxygen atoms in total. The van der Waals surface area contributed by atoms with Crippen LogP contribution in [0, 0.1) is 5.82 Å². The minimum Gasteiger partial charge on any atom is -0.508 e. The van der Waals surface area contributed by atoms with Crippen molar-refractivity contribution in [3.8, 4) is 11.5 Å². The molecule has 3 heterocycles. The summed E-state index contributed by atoms with van der Waals surface area (Å²) in [4.78, 5) is 32.3. The molecule has 302 valence electrons. The topological polar surface area (TPSA) is 94.6 Å². The van der Waals surface area contributed by atoms with E-state index in [4.69, 9.17) is 9.47 Å². The molecule has 10 heteroatoms. The number of piperazine rings is 1. The van der Waals surface area contributed by atoms with Crippen LogP contribution < -0.4 is 15.0 Å². The normalized spacial score (nSPS) is 25.0. The fraction of sp³-hybridized carbons (Fsp3) is 0.417. The van der Waals surface area contributed by atoms with E-state index in [1.165, 1.54) is 16.7 Å². The lowest BCUT2D eigenvalue weighted by molar-refractivity contribution is -0.126. The minimum atomic E-state index is -0.442. The van der Waals surface area contributed by atoms with Gasteiger partial charge in [-0.2, -0.15) is 0 Å². The quantitative estimate of drug-likeness (QED) is 0.171. The van der Waals surface area contributed by atoms with Gasteiger partial charge in [0.25, 0.3) is 5.91 Å². The third-order valence-corrected chi connectivity index (χ3v) is 13.2. The van der Waals surface area contributed by atoms with Crippen molar-refractivity contribution in [1.29, 1.82) is 0 Å². The Labute approximate surface area is 340 Å². The molecule has 2 N–H and O–H groups in total. The molecule has 2 amide bonds. The second-order valence-corrected chi connectivity index (χ2v) is 16.8. The van der Waals surface area contributed by atoms with Crippen molar-refractivity contribution in [2.75, 3.05) is 44.2 Å². The molecule has 0 aromatic heterocycles. The third-order valence-electron chi connectivity index (χ3n) is 13.2. The predicted octanol–water partition coefficient (Wildman–Crippen LogP) is 7.67. The summed E-state index contributed by atoms with van der Waals surface area (Å²) < 4.78 is 26.7. The van der Waals surface area contributed by atoms with E-state index in [1.54, 1.807) is 23.1 Å². The van der Waals surface area contributed by atoms with Gasteiger partial charge in [0.15, 0.2) is 0 Å². The number of phenols is 1. The zero-order chi connectivity index (χ0) is 39.8. The van der Waals surface area contributed by atoms with E-state index in [0.29, 0.717) is 30.7 Å². The van der Waals surface area contributed by atoms with Crippen molar-refractivity contribution in [2.24, 2.45) is 0 Å². The third kappa shape index (κ3) is 8.09. The Morgan fingerprint density at radius 1 is 0.776 bits per heavy atom. The average molecular weight is 785 g/mol. The number of nitrogens with one attached hydrogen (secondary N) is 1. The van der Waals surface area contributed by atoms with Gasteiger partial charge in [0.05, 0.1) is 18.8 Å². The van der Waals surface area contributed by atoms with Crippen LogP contribution in [0.15, 0.2) is 97.2 Å². The fourth-order valence-electron chi connectivity index (χ4n) is 9.97. The first kappa shape index (κ1) is 38.3. The Kier molecular flexibility index (Phi) is 11.0. The number of carbonyl (C=O) groups is 2. The number of anilines is 1. The summed E-state index contributed by atoms with van der Waals surface area (Å²) in [5.41, 5.74) is 8.27. The highest BCUT2D eigenvalue weighted by molar-refractivity contribution is 6.01. The molecule has 0 radical (unpaired) electrons. The smallest absolute Gasteiger partial charge is 0.255 e. The number of fused-ring (bicyclic) bond motifs is 2. The van der Waals surface area contributed by atoms with Crippen LogP contribution in [0.3, 0.4) is 0 Å². The van der Waals surface area contributed by atoms with Gasteiger partial charge >= 0.3 is 0 Å². The zero-order valence-corrected chi connectivity index (χ0v) is 33.1. The molecule has 4 aromatic carbocycles. The number of carbonyl (C=O) groups excluding carboxylic acids is 2. The average Bonchev–Trinajstić information content (AvgIpc) is 3.56. The number of benzene rings is 4. The SMILES string of the molecule is C=C1CCC(N2Cc3cc(N4CCN(CCOC5CCC(Oc6ccc([C@@H]7c8ccc(O)cc8CC[C@@H]7c7ccc(F)cc7)cc6)CC5)CC4)ccc3C2=O)C(=O)N1. The second kappa shape index (κ2) is 16.6. The van der Waals surface area contributed by atoms with Gasteiger partial charge in [0, 0.05) is 62.1 Å². The number of amides is 2. The van der Waals surface area contributed by atoms with Gasteiger partial charge < -0.3 is 29.7 Å². The van der Waals surface area contributed by atoms with Crippen molar-refractivity contribution >= 4 is 17.5 Å². The monoisotopic (exact) mass is 784 g/mol. The molecule has 58 heavy (non-hydrogen) atoms. The van der Waals surface area contributed by atoms with Crippen molar-refractivity contribution in [1.82, 2.24) is 15.1 Å². The summed E-state index contributed by atoms with van der Waals surface area (Å²) in [7, 11) is 0. The molecule has 3 fully saturated rings. The van der Waals surface area contributed by atoms with Crippen LogP contribution in [0.5, 0.6) is 11.5 Å². The molecule has 1 unspecified atom stereocenters. The Hall–Kier alpha value is -5.19. The van der Waals surface area contributed by atoms with Gasteiger partial charge in [-0.1, -0.05) is 36.9 Å². The molecular weight excluding hydrogens is 732 g/mol. The molecule has 0 bridgehead atoms. The maximum Gasteiger partial charge on any atom is 0.255 e. The van der Waals surface area contributed by atoms with Crippen LogP contribution in [-0.2, 0) is 22.5 Å². The molecule has 0 spiro atoms. The predicted molar refractivity (Wildman–Crippen MR) is 222 cm³/mol. The molecule has 2 aliphatic carbocycles. The van der Waals surface area contributed by atoms with E-state index in [-0.39, 0.29) is 41.7 Å².